The zero-order valence-electron chi connectivity index (χ0n) is 8.53. The largest absolute Gasteiger partial charge is 0.328 e. The van der Waals surface area contributed by atoms with Crippen LogP contribution in [0.15, 0.2) is 0 Å². The van der Waals surface area contributed by atoms with Crippen molar-refractivity contribution in [2.75, 3.05) is 18.8 Å². The van der Waals surface area contributed by atoms with Crippen molar-refractivity contribution >= 4 is 17.7 Å². The molecule has 3 nitrogen and oxygen atoms in total. The summed E-state index contributed by atoms with van der Waals surface area (Å²) in [5.41, 5.74) is 0. The SMILES string of the molecule is CCCN(CC#N)C(=O)C1CCCS1. The zero-order valence-corrected chi connectivity index (χ0v) is 9.35. The van der Waals surface area contributed by atoms with Crippen molar-refractivity contribution < 1.29 is 4.79 Å². The Kier molecular flexibility index (Phi) is 4.81. The summed E-state index contributed by atoms with van der Waals surface area (Å²) in [6, 6.07) is 2.05. The Labute approximate surface area is 89.5 Å². The van der Waals surface area contributed by atoms with E-state index in [1.54, 1.807) is 16.7 Å². The van der Waals surface area contributed by atoms with Gasteiger partial charge in [-0.3, -0.25) is 4.79 Å². The van der Waals surface area contributed by atoms with Crippen molar-refractivity contribution in [3.63, 3.8) is 0 Å². The van der Waals surface area contributed by atoms with Crippen LogP contribution in [-0.4, -0.2) is 34.9 Å². The summed E-state index contributed by atoms with van der Waals surface area (Å²) in [5.74, 6) is 1.25. The molecule has 0 saturated carbocycles. The van der Waals surface area contributed by atoms with Gasteiger partial charge in [-0.1, -0.05) is 6.92 Å². The van der Waals surface area contributed by atoms with Crippen molar-refractivity contribution in [2.45, 2.75) is 31.4 Å². The molecule has 1 fully saturated rings. The van der Waals surface area contributed by atoms with Crippen LogP contribution in [0, 0.1) is 11.3 Å². The molecule has 1 rings (SSSR count). The number of nitrogens with zero attached hydrogens (tertiary/aromatic N) is 2. The van der Waals surface area contributed by atoms with Gasteiger partial charge in [0.1, 0.15) is 6.54 Å². The van der Waals surface area contributed by atoms with Crippen LogP contribution in [0.2, 0.25) is 0 Å². The molecule has 0 radical (unpaired) electrons. The van der Waals surface area contributed by atoms with E-state index in [9.17, 15) is 4.79 Å². The van der Waals surface area contributed by atoms with E-state index in [1.807, 2.05) is 6.92 Å². The van der Waals surface area contributed by atoms with Crippen molar-refractivity contribution in [3.8, 4) is 6.07 Å². The van der Waals surface area contributed by atoms with Crippen molar-refractivity contribution in [3.05, 3.63) is 0 Å². The minimum atomic E-state index is 0.120. The van der Waals surface area contributed by atoms with Gasteiger partial charge in [-0.2, -0.15) is 5.26 Å². The van der Waals surface area contributed by atoms with Crippen LogP contribution in [0.3, 0.4) is 0 Å². The lowest BCUT2D eigenvalue weighted by Crippen LogP contribution is -2.37. The van der Waals surface area contributed by atoms with E-state index in [0.29, 0.717) is 6.54 Å². The molecule has 14 heavy (non-hydrogen) atoms. The fourth-order valence-corrected chi connectivity index (χ4v) is 2.84. The Morgan fingerprint density at radius 2 is 2.50 bits per heavy atom. The van der Waals surface area contributed by atoms with Crippen LogP contribution >= 0.6 is 11.8 Å². The fourth-order valence-electron chi connectivity index (χ4n) is 1.60. The van der Waals surface area contributed by atoms with Gasteiger partial charge in [-0.15, -0.1) is 11.8 Å². The molecule has 0 aliphatic carbocycles. The second-order valence-corrected chi connectivity index (χ2v) is 4.73. The Morgan fingerprint density at radius 3 is 3.00 bits per heavy atom. The van der Waals surface area contributed by atoms with Gasteiger partial charge < -0.3 is 4.90 Å². The maximum absolute atomic E-state index is 11.9. The van der Waals surface area contributed by atoms with Gasteiger partial charge in [-0.25, -0.2) is 0 Å². The molecule has 1 saturated heterocycles. The van der Waals surface area contributed by atoms with E-state index in [2.05, 4.69) is 6.07 Å². The molecule has 0 bridgehead atoms. The minimum absolute atomic E-state index is 0.120. The van der Waals surface area contributed by atoms with Gasteiger partial charge in [-0.05, 0) is 25.0 Å². The fraction of sp³-hybridized carbons (Fsp3) is 0.800. The Hall–Kier alpha value is -0.690. The lowest BCUT2D eigenvalue weighted by atomic mass is 10.2. The average Bonchev–Trinajstić information content (AvgIpc) is 2.69. The van der Waals surface area contributed by atoms with Gasteiger partial charge in [0.15, 0.2) is 0 Å². The molecular weight excluding hydrogens is 196 g/mol. The Balaban J connectivity index is 2.49. The highest BCUT2D eigenvalue weighted by atomic mass is 32.2. The summed E-state index contributed by atoms with van der Waals surface area (Å²) < 4.78 is 0. The van der Waals surface area contributed by atoms with E-state index < -0.39 is 0 Å². The number of nitriles is 1. The molecular formula is C10H16N2OS. The summed E-state index contributed by atoms with van der Waals surface area (Å²) >= 11 is 1.73. The monoisotopic (exact) mass is 212 g/mol. The quantitative estimate of drug-likeness (QED) is 0.665. The van der Waals surface area contributed by atoms with Crippen LogP contribution in [-0.2, 0) is 4.79 Å². The third-order valence-corrected chi connectivity index (χ3v) is 3.64. The lowest BCUT2D eigenvalue weighted by Gasteiger charge is -2.21. The molecule has 0 spiro atoms. The predicted octanol–water partition coefficient (Wildman–Crippen LogP) is 1.64. The topological polar surface area (TPSA) is 44.1 Å². The molecule has 0 N–H and O–H groups in total. The van der Waals surface area contributed by atoms with Gasteiger partial charge in [0.25, 0.3) is 0 Å². The number of hydrogen-bond donors (Lipinski definition) is 0. The van der Waals surface area contributed by atoms with Crippen LogP contribution in [0.4, 0.5) is 0 Å². The molecule has 0 aromatic rings. The number of rotatable bonds is 4. The molecule has 0 aromatic heterocycles. The molecule has 1 unspecified atom stereocenters. The first-order valence-electron chi connectivity index (χ1n) is 5.07. The standard InChI is InChI=1S/C10H16N2OS/c1-2-6-12(7-5-11)10(13)9-4-3-8-14-9/h9H,2-4,6-8H2,1H3. The van der Waals surface area contributed by atoms with E-state index in [-0.39, 0.29) is 17.7 Å². The van der Waals surface area contributed by atoms with E-state index in [0.717, 1.165) is 25.0 Å². The predicted molar refractivity (Wildman–Crippen MR) is 58.0 cm³/mol. The molecule has 1 aliphatic heterocycles. The number of hydrogen-bond acceptors (Lipinski definition) is 3. The molecule has 1 atom stereocenters. The number of amides is 1. The normalized spacial score (nSPS) is 20.4. The minimum Gasteiger partial charge on any atom is -0.328 e. The smallest absolute Gasteiger partial charge is 0.236 e. The second-order valence-electron chi connectivity index (χ2n) is 3.42. The second kappa shape index (κ2) is 5.92. The molecule has 1 aliphatic rings. The first-order chi connectivity index (χ1) is 6.79. The third kappa shape index (κ3) is 2.91. The van der Waals surface area contributed by atoms with Crippen LogP contribution in [0.25, 0.3) is 0 Å². The Morgan fingerprint density at radius 1 is 1.71 bits per heavy atom. The first kappa shape index (κ1) is 11.4. The highest BCUT2D eigenvalue weighted by Gasteiger charge is 2.27. The van der Waals surface area contributed by atoms with Crippen LogP contribution < -0.4 is 0 Å². The van der Waals surface area contributed by atoms with E-state index >= 15 is 0 Å². The maximum Gasteiger partial charge on any atom is 0.236 e. The number of carbonyl (C=O) groups excluding carboxylic acids is 1. The van der Waals surface area contributed by atoms with Gasteiger partial charge in [0.2, 0.25) is 5.91 Å². The number of thioether (sulfide) groups is 1. The number of carbonyl (C=O) groups is 1. The molecule has 1 amide bonds. The average molecular weight is 212 g/mol. The van der Waals surface area contributed by atoms with Gasteiger partial charge >= 0.3 is 0 Å². The summed E-state index contributed by atoms with van der Waals surface area (Å²) in [4.78, 5) is 13.6. The lowest BCUT2D eigenvalue weighted by molar-refractivity contribution is -0.130. The zero-order chi connectivity index (χ0) is 10.4. The van der Waals surface area contributed by atoms with Crippen LogP contribution in [0.1, 0.15) is 26.2 Å². The molecule has 1 heterocycles. The van der Waals surface area contributed by atoms with Crippen molar-refractivity contribution in [1.82, 2.24) is 4.90 Å². The van der Waals surface area contributed by atoms with E-state index in [1.165, 1.54) is 0 Å². The summed E-state index contributed by atoms with van der Waals surface area (Å²) in [6.07, 6.45) is 3.04. The first-order valence-corrected chi connectivity index (χ1v) is 6.11. The Bertz CT molecular complexity index is 231. The van der Waals surface area contributed by atoms with Crippen molar-refractivity contribution in [2.24, 2.45) is 0 Å². The van der Waals surface area contributed by atoms with Crippen molar-refractivity contribution in [1.29, 1.82) is 5.26 Å². The van der Waals surface area contributed by atoms with Crippen LogP contribution in [0.5, 0.6) is 0 Å². The summed E-state index contributed by atoms with van der Waals surface area (Å²) in [7, 11) is 0. The maximum atomic E-state index is 11.9. The third-order valence-electron chi connectivity index (χ3n) is 2.27. The van der Waals surface area contributed by atoms with Gasteiger partial charge in [0, 0.05) is 6.54 Å². The molecule has 4 heteroatoms. The highest BCUT2D eigenvalue weighted by Crippen LogP contribution is 2.27. The molecule has 0 aromatic carbocycles. The summed E-state index contributed by atoms with van der Waals surface area (Å²) in [6.45, 7) is 2.98. The highest BCUT2D eigenvalue weighted by molar-refractivity contribution is 8.00. The summed E-state index contributed by atoms with van der Waals surface area (Å²) in [5, 5.41) is 8.72. The van der Waals surface area contributed by atoms with E-state index in [4.69, 9.17) is 5.26 Å². The molecule has 78 valence electrons. The van der Waals surface area contributed by atoms with Gasteiger partial charge in [0.05, 0.1) is 11.3 Å².